The highest BCUT2D eigenvalue weighted by molar-refractivity contribution is 5.78. The molecule has 0 saturated carbocycles. The summed E-state index contributed by atoms with van der Waals surface area (Å²) in [6.07, 6.45) is 2.22. The SMILES string of the molecule is Cc1ccc(-c2nc3ccc(-c4cccc(C)c4)cn3c2CN2CCN(C(=O)C(C)C)CC2)cc1. The summed E-state index contributed by atoms with van der Waals surface area (Å²) in [5.41, 5.74) is 9.22. The van der Waals surface area contributed by atoms with Gasteiger partial charge in [-0.15, -0.1) is 0 Å². The number of pyridine rings is 1. The Hall–Kier alpha value is -3.44. The van der Waals surface area contributed by atoms with Crippen LogP contribution in [0.25, 0.3) is 28.0 Å². The number of imidazole rings is 1. The molecule has 2 aromatic carbocycles. The van der Waals surface area contributed by atoms with Crippen LogP contribution in [0, 0.1) is 19.8 Å². The third-order valence-corrected chi connectivity index (χ3v) is 6.95. The van der Waals surface area contributed by atoms with E-state index in [9.17, 15) is 4.79 Å². The molecule has 5 rings (SSSR count). The average molecular weight is 467 g/mol. The first-order valence-electron chi connectivity index (χ1n) is 12.6. The van der Waals surface area contributed by atoms with Crippen LogP contribution in [-0.2, 0) is 11.3 Å². The number of rotatable bonds is 5. The maximum absolute atomic E-state index is 12.5. The van der Waals surface area contributed by atoms with E-state index in [4.69, 9.17) is 4.98 Å². The molecular formula is C30H34N4O. The van der Waals surface area contributed by atoms with Crippen LogP contribution < -0.4 is 0 Å². The van der Waals surface area contributed by atoms with E-state index in [1.54, 1.807) is 0 Å². The van der Waals surface area contributed by atoms with Crippen molar-refractivity contribution in [3.05, 3.63) is 83.7 Å². The number of hydrogen-bond donors (Lipinski definition) is 0. The van der Waals surface area contributed by atoms with Crippen molar-refractivity contribution in [3.8, 4) is 22.4 Å². The number of amides is 1. The van der Waals surface area contributed by atoms with E-state index in [2.05, 4.69) is 90.0 Å². The highest BCUT2D eigenvalue weighted by atomic mass is 16.2. The first-order chi connectivity index (χ1) is 16.9. The van der Waals surface area contributed by atoms with Crippen LogP contribution in [0.15, 0.2) is 66.9 Å². The summed E-state index contributed by atoms with van der Waals surface area (Å²) in [5.74, 6) is 0.302. The number of fused-ring (bicyclic) bond motifs is 1. The van der Waals surface area contributed by atoms with Crippen LogP contribution in [0.5, 0.6) is 0 Å². The van der Waals surface area contributed by atoms with Crippen LogP contribution in [-0.4, -0.2) is 51.3 Å². The fourth-order valence-electron chi connectivity index (χ4n) is 4.89. The first kappa shape index (κ1) is 23.3. The van der Waals surface area contributed by atoms with Crippen molar-refractivity contribution in [3.63, 3.8) is 0 Å². The third kappa shape index (κ3) is 4.87. The van der Waals surface area contributed by atoms with E-state index in [0.29, 0.717) is 0 Å². The van der Waals surface area contributed by atoms with Gasteiger partial charge in [0.15, 0.2) is 0 Å². The van der Waals surface area contributed by atoms with Gasteiger partial charge in [0.05, 0.1) is 11.4 Å². The second kappa shape index (κ2) is 9.67. The number of nitrogens with zero attached hydrogens (tertiary/aromatic N) is 4. The predicted molar refractivity (Wildman–Crippen MR) is 142 cm³/mol. The normalized spacial score (nSPS) is 14.7. The molecule has 0 aliphatic carbocycles. The Morgan fingerprint density at radius 3 is 2.26 bits per heavy atom. The molecule has 0 unspecified atom stereocenters. The molecule has 5 heteroatoms. The summed E-state index contributed by atoms with van der Waals surface area (Å²) in [6.45, 7) is 12.3. The third-order valence-electron chi connectivity index (χ3n) is 6.95. The molecule has 1 fully saturated rings. The number of carbonyl (C=O) groups excluding carboxylic acids is 1. The fourth-order valence-corrected chi connectivity index (χ4v) is 4.89. The first-order valence-corrected chi connectivity index (χ1v) is 12.6. The Morgan fingerprint density at radius 2 is 1.57 bits per heavy atom. The summed E-state index contributed by atoms with van der Waals surface area (Å²) in [4.78, 5) is 22.0. The van der Waals surface area contributed by atoms with E-state index in [1.807, 2.05) is 18.7 Å². The minimum atomic E-state index is 0.0495. The highest BCUT2D eigenvalue weighted by Gasteiger charge is 2.25. The molecular weight excluding hydrogens is 432 g/mol. The second-order valence-corrected chi connectivity index (χ2v) is 10.0. The molecule has 4 aromatic rings. The molecule has 35 heavy (non-hydrogen) atoms. The van der Waals surface area contributed by atoms with Gasteiger partial charge >= 0.3 is 0 Å². The lowest BCUT2D eigenvalue weighted by Gasteiger charge is -2.35. The van der Waals surface area contributed by atoms with Gasteiger partial charge in [0.25, 0.3) is 0 Å². The van der Waals surface area contributed by atoms with Crippen molar-refractivity contribution in [1.82, 2.24) is 19.2 Å². The average Bonchev–Trinajstić information content (AvgIpc) is 3.22. The Balaban J connectivity index is 1.51. The summed E-state index contributed by atoms with van der Waals surface area (Å²) in [6, 6.07) is 21.6. The largest absolute Gasteiger partial charge is 0.340 e. The second-order valence-electron chi connectivity index (χ2n) is 10.0. The summed E-state index contributed by atoms with van der Waals surface area (Å²) in [7, 11) is 0. The standard InChI is InChI=1S/C30H34N4O/c1-21(2)30(35)33-16-14-32(15-17-33)20-27-29(24-10-8-22(3)9-11-24)31-28-13-12-26(19-34(27)28)25-7-5-6-23(4)18-25/h5-13,18-19,21H,14-17,20H2,1-4H3. The predicted octanol–water partition coefficient (Wildman–Crippen LogP) is 5.59. The lowest BCUT2D eigenvalue weighted by molar-refractivity contribution is -0.136. The lowest BCUT2D eigenvalue weighted by atomic mass is 10.1. The van der Waals surface area contributed by atoms with Crippen LogP contribution in [0.3, 0.4) is 0 Å². The van der Waals surface area contributed by atoms with E-state index in [1.165, 1.54) is 27.9 Å². The van der Waals surface area contributed by atoms with Gasteiger partial charge in [0.2, 0.25) is 5.91 Å². The van der Waals surface area contributed by atoms with Crippen molar-refractivity contribution in [2.45, 2.75) is 34.2 Å². The van der Waals surface area contributed by atoms with Crippen LogP contribution >= 0.6 is 0 Å². The molecule has 1 amide bonds. The zero-order valence-corrected chi connectivity index (χ0v) is 21.2. The number of carbonyl (C=O) groups is 1. The van der Waals surface area contributed by atoms with Gasteiger partial charge in [-0.3, -0.25) is 9.69 Å². The Bertz CT molecular complexity index is 1340. The van der Waals surface area contributed by atoms with Crippen LogP contribution in [0.4, 0.5) is 0 Å². The molecule has 1 aliphatic heterocycles. The topological polar surface area (TPSA) is 40.9 Å². The number of aromatic nitrogens is 2. The van der Waals surface area contributed by atoms with E-state index in [-0.39, 0.29) is 11.8 Å². The summed E-state index contributed by atoms with van der Waals surface area (Å²) < 4.78 is 2.26. The van der Waals surface area contributed by atoms with Crippen LogP contribution in [0.1, 0.15) is 30.7 Å². The van der Waals surface area contributed by atoms with Crippen LogP contribution in [0.2, 0.25) is 0 Å². The molecule has 0 radical (unpaired) electrons. The molecule has 1 saturated heterocycles. The highest BCUT2D eigenvalue weighted by Crippen LogP contribution is 2.29. The maximum Gasteiger partial charge on any atom is 0.225 e. The van der Waals surface area contributed by atoms with Gasteiger partial charge in [0, 0.05) is 50.4 Å². The van der Waals surface area contributed by atoms with Gasteiger partial charge in [0.1, 0.15) is 5.65 Å². The summed E-state index contributed by atoms with van der Waals surface area (Å²) in [5, 5.41) is 0. The number of hydrogen-bond acceptors (Lipinski definition) is 3. The number of piperazine rings is 1. The van der Waals surface area contributed by atoms with E-state index < -0.39 is 0 Å². The van der Waals surface area contributed by atoms with Gasteiger partial charge in [-0.05, 0) is 37.1 Å². The fraction of sp³-hybridized carbons (Fsp3) is 0.333. The van der Waals surface area contributed by atoms with Crippen molar-refractivity contribution in [1.29, 1.82) is 0 Å². The van der Waals surface area contributed by atoms with E-state index in [0.717, 1.165) is 49.6 Å². The molecule has 1 aliphatic rings. The van der Waals surface area contributed by atoms with Crippen molar-refractivity contribution < 1.29 is 4.79 Å². The van der Waals surface area contributed by atoms with E-state index >= 15 is 0 Å². The monoisotopic (exact) mass is 466 g/mol. The Morgan fingerprint density at radius 1 is 0.857 bits per heavy atom. The van der Waals surface area contributed by atoms with Gasteiger partial charge in [-0.1, -0.05) is 73.5 Å². The molecule has 5 nitrogen and oxygen atoms in total. The van der Waals surface area contributed by atoms with Gasteiger partial charge in [-0.25, -0.2) is 4.98 Å². The zero-order chi connectivity index (χ0) is 24.5. The molecule has 0 N–H and O–H groups in total. The lowest BCUT2D eigenvalue weighted by Crippen LogP contribution is -2.49. The molecule has 0 atom stereocenters. The molecule has 2 aromatic heterocycles. The van der Waals surface area contributed by atoms with Crippen molar-refractivity contribution in [2.75, 3.05) is 26.2 Å². The zero-order valence-electron chi connectivity index (χ0n) is 21.2. The minimum Gasteiger partial charge on any atom is -0.340 e. The molecule has 180 valence electrons. The van der Waals surface area contributed by atoms with Gasteiger partial charge < -0.3 is 9.30 Å². The summed E-state index contributed by atoms with van der Waals surface area (Å²) >= 11 is 0. The van der Waals surface area contributed by atoms with Gasteiger partial charge in [-0.2, -0.15) is 0 Å². The Kier molecular flexibility index (Phi) is 6.44. The van der Waals surface area contributed by atoms with Crippen molar-refractivity contribution in [2.24, 2.45) is 5.92 Å². The molecule has 0 spiro atoms. The quantitative estimate of drug-likeness (QED) is 0.385. The number of aryl methyl sites for hydroxylation is 2. The van der Waals surface area contributed by atoms with Crippen molar-refractivity contribution >= 4 is 11.6 Å². The number of benzene rings is 2. The maximum atomic E-state index is 12.5. The molecule has 3 heterocycles. The molecule has 0 bridgehead atoms. The Labute approximate surface area is 208 Å². The smallest absolute Gasteiger partial charge is 0.225 e. The minimum absolute atomic E-state index is 0.0495.